The van der Waals surface area contributed by atoms with Crippen molar-refractivity contribution in [2.24, 2.45) is 0 Å². The third kappa shape index (κ3) is 3.94. The molecule has 0 aliphatic heterocycles. The van der Waals surface area contributed by atoms with Gasteiger partial charge in [-0.2, -0.15) is 0 Å². The van der Waals surface area contributed by atoms with E-state index in [1.807, 2.05) is 6.07 Å². The fourth-order valence-electron chi connectivity index (χ4n) is 2.25. The molecule has 1 heterocycles. The molecule has 0 saturated heterocycles. The van der Waals surface area contributed by atoms with E-state index >= 15 is 0 Å². The highest BCUT2D eigenvalue weighted by molar-refractivity contribution is 6.30. The van der Waals surface area contributed by atoms with Gasteiger partial charge in [0.2, 0.25) is 5.82 Å². The van der Waals surface area contributed by atoms with Crippen LogP contribution in [0, 0.1) is 0 Å². The zero-order valence-corrected chi connectivity index (χ0v) is 14.9. The van der Waals surface area contributed by atoms with Crippen molar-refractivity contribution in [2.75, 3.05) is 12.4 Å². The van der Waals surface area contributed by atoms with Crippen LogP contribution in [-0.2, 0) is 4.79 Å². The molecule has 8 heteroatoms. The van der Waals surface area contributed by atoms with Gasteiger partial charge >= 0.3 is 0 Å². The number of anilines is 1. The minimum absolute atomic E-state index is 0.202. The van der Waals surface area contributed by atoms with Gasteiger partial charge in [0.1, 0.15) is 0 Å². The molecule has 0 unspecified atom stereocenters. The average molecular weight is 374 g/mol. The highest BCUT2D eigenvalue weighted by Crippen LogP contribution is 2.28. The highest BCUT2D eigenvalue weighted by Gasteiger charge is 2.21. The summed E-state index contributed by atoms with van der Waals surface area (Å²) in [6.45, 7) is 1.62. The molecule has 1 atom stereocenters. The summed E-state index contributed by atoms with van der Waals surface area (Å²) in [6, 6.07) is 14.0. The van der Waals surface area contributed by atoms with Crippen molar-refractivity contribution in [2.45, 2.75) is 13.0 Å². The minimum Gasteiger partial charge on any atom is -0.493 e. The van der Waals surface area contributed by atoms with Crippen molar-refractivity contribution in [1.82, 2.24) is 10.3 Å². The van der Waals surface area contributed by atoms with Gasteiger partial charge in [-0.15, -0.1) is 0 Å². The summed E-state index contributed by atoms with van der Waals surface area (Å²) in [7, 11) is 1.53. The SMILES string of the molecule is COc1ccccc1O[C@@H](C)C(=O)Nc1nonc1-c1ccc(Cl)cc1. The molecule has 1 aromatic heterocycles. The second-order valence-corrected chi connectivity index (χ2v) is 5.80. The Kier molecular flexibility index (Phi) is 5.38. The van der Waals surface area contributed by atoms with Crippen molar-refractivity contribution in [1.29, 1.82) is 0 Å². The lowest BCUT2D eigenvalue weighted by Crippen LogP contribution is -2.30. The molecular weight excluding hydrogens is 358 g/mol. The summed E-state index contributed by atoms with van der Waals surface area (Å²) in [5.74, 6) is 0.806. The number of benzene rings is 2. The number of nitrogens with zero attached hydrogens (tertiary/aromatic N) is 2. The van der Waals surface area contributed by atoms with Crippen LogP contribution >= 0.6 is 11.6 Å². The Hall–Kier alpha value is -3.06. The number of amides is 1. The van der Waals surface area contributed by atoms with Gasteiger partial charge < -0.3 is 14.8 Å². The fraction of sp³-hybridized carbons (Fsp3) is 0.167. The second-order valence-electron chi connectivity index (χ2n) is 5.37. The Morgan fingerprint density at radius 1 is 1.12 bits per heavy atom. The van der Waals surface area contributed by atoms with Crippen molar-refractivity contribution in [3.8, 4) is 22.8 Å². The second kappa shape index (κ2) is 7.88. The Labute approximate surface area is 154 Å². The molecule has 2 aromatic carbocycles. The zero-order valence-electron chi connectivity index (χ0n) is 14.1. The third-order valence-electron chi connectivity index (χ3n) is 3.59. The van der Waals surface area contributed by atoms with Crippen LogP contribution in [-0.4, -0.2) is 29.4 Å². The van der Waals surface area contributed by atoms with Crippen LogP contribution in [0.3, 0.4) is 0 Å². The van der Waals surface area contributed by atoms with Crippen molar-refractivity contribution in [3.05, 3.63) is 53.6 Å². The molecule has 0 spiro atoms. The van der Waals surface area contributed by atoms with Crippen molar-refractivity contribution < 1.29 is 18.9 Å². The van der Waals surface area contributed by atoms with Gasteiger partial charge in [0, 0.05) is 10.6 Å². The lowest BCUT2D eigenvalue weighted by Gasteiger charge is -2.16. The van der Waals surface area contributed by atoms with E-state index in [4.69, 9.17) is 25.7 Å². The summed E-state index contributed by atoms with van der Waals surface area (Å²) < 4.78 is 15.6. The zero-order chi connectivity index (χ0) is 18.5. The summed E-state index contributed by atoms with van der Waals surface area (Å²) in [5, 5.41) is 10.8. The molecule has 1 amide bonds. The first kappa shape index (κ1) is 17.8. The van der Waals surface area contributed by atoms with Gasteiger partial charge in [-0.25, -0.2) is 4.63 Å². The molecule has 3 aromatic rings. The summed E-state index contributed by atoms with van der Waals surface area (Å²) in [6.07, 6.45) is -0.791. The Balaban J connectivity index is 1.72. The molecule has 7 nitrogen and oxygen atoms in total. The molecule has 0 bridgehead atoms. The maximum absolute atomic E-state index is 12.4. The van der Waals surface area contributed by atoms with E-state index in [1.165, 1.54) is 7.11 Å². The van der Waals surface area contributed by atoms with Gasteiger partial charge in [-0.3, -0.25) is 4.79 Å². The van der Waals surface area contributed by atoms with E-state index < -0.39 is 12.0 Å². The third-order valence-corrected chi connectivity index (χ3v) is 3.84. The Morgan fingerprint density at radius 2 is 1.81 bits per heavy atom. The van der Waals surface area contributed by atoms with Crippen LogP contribution in [0.2, 0.25) is 5.02 Å². The summed E-state index contributed by atoms with van der Waals surface area (Å²) in [5.41, 5.74) is 1.11. The molecule has 26 heavy (non-hydrogen) atoms. The van der Waals surface area contributed by atoms with E-state index in [-0.39, 0.29) is 5.82 Å². The van der Waals surface area contributed by atoms with Crippen LogP contribution in [0.15, 0.2) is 53.2 Å². The molecule has 0 radical (unpaired) electrons. The molecular formula is C18H16ClN3O4. The monoisotopic (exact) mass is 373 g/mol. The molecule has 0 aliphatic rings. The number of nitrogens with one attached hydrogen (secondary N) is 1. The highest BCUT2D eigenvalue weighted by atomic mass is 35.5. The van der Waals surface area contributed by atoms with Gasteiger partial charge in [-0.1, -0.05) is 35.9 Å². The number of methoxy groups -OCH3 is 1. The number of hydrogen-bond donors (Lipinski definition) is 1. The lowest BCUT2D eigenvalue weighted by atomic mass is 10.1. The van der Waals surface area contributed by atoms with E-state index in [0.29, 0.717) is 27.8 Å². The minimum atomic E-state index is -0.791. The van der Waals surface area contributed by atoms with Gasteiger partial charge in [0.25, 0.3) is 5.91 Å². The molecule has 3 rings (SSSR count). The molecule has 1 N–H and O–H groups in total. The van der Waals surface area contributed by atoms with Crippen molar-refractivity contribution >= 4 is 23.3 Å². The Bertz CT molecular complexity index is 895. The Morgan fingerprint density at radius 3 is 2.50 bits per heavy atom. The molecule has 0 fully saturated rings. The van der Waals surface area contributed by atoms with Crippen LogP contribution in [0.1, 0.15) is 6.92 Å². The maximum Gasteiger partial charge on any atom is 0.266 e. The van der Waals surface area contributed by atoms with Gasteiger partial charge in [-0.05, 0) is 41.5 Å². The predicted molar refractivity (Wildman–Crippen MR) is 96.5 cm³/mol. The van der Waals surface area contributed by atoms with Crippen LogP contribution in [0.25, 0.3) is 11.3 Å². The van der Waals surface area contributed by atoms with E-state index in [1.54, 1.807) is 49.4 Å². The van der Waals surface area contributed by atoms with Crippen LogP contribution < -0.4 is 14.8 Å². The number of halogens is 1. The number of carbonyl (C=O) groups excluding carboxylic acids is 1. The topological polar surface area (TPSA) is 86.5 Å². The maximum atomic E-state index is 12.4. The number of ether oxygens (including phenoxy) is 2. The first-order valence-corrected chi connectivity index (χ1v) is 8.15. The van der Waals surface area contributed by atoms with Crippen molar-refractivity contribution in [3.63, 3.8) is 0 Å². The van der Waals surface area contributed by atoms with Crippen LogP contribution in [0.4, 0.5) is 5.82 Å². The van der Waals surface area contributed by atoms with E-state index in [2.05, 4.69) is 15.6 Å². The van der Waals surface area contributed by atoms with E-state index in [9.17, 15) is 4.79 Å². The number of carbonyl (C=O) groups is 1. The number of hydrogen-bond acceptors (Lipinski definition) is 6. The quantitative estimate of drug-likeness (QED) is 0.707. The largest absolute Gasteiger partial charge is 0.493 e. The number of aromatic nitrogens is 2. The summed E-state index contributed by atoms with van der Waals surface area (Å²) in [4.78, 5) is 12.4. The smallest absolute Gasteiger partial charge is 0.266 e. The summed E-state index contributed by atoms with van der Waals surface area (Å²) >= 11 is 5.88. The molecule has 0 aliphatic carbocycles. The standard InChI is InChI=1S/C18H16ClN3O4/c1-11(25-15-6-4-3-5-14(15)24-2)18(23)20-17-16(21-26-22-17)12-7-9-13(19)10-8-12/h3-11H,1-2H3,(H,20,22,23)/t11-/m0/s1. The molecule has 134 valence electrons. The fourth-order valence-corrected chi connectivity index (χ4v) is 2.37. The average Bonchev–Trinajstić information content (AvgIpc) is 3.10. The van der Waals surface area contributed by atoms with Crippen LogP contribution in [0.5, 0.6) is 11.5 Å². The molecule has 0 saturated carbocycles. The predicted octanol–water partition coefficient (Wildman–Crippen LogP) is 3.80. The van der Waals surface area contributed by atoms with Gasteiger partial charge in [0.05, 0.1) is 7.11 Å². The number of para-hydroxylation sites is 2. The first-order chi connectivity index (χ1) is 12.6. The normalized spacial score (nSPS) is 11.7. The first-order valence-electron chi connectivity index (χ1n) is 7.77. The number of rotatable bonds is 6. The van der Waals surface area contributed by atoms with Gasteiger partial charge in [0.15, 0.2) is 23.3 Å². The van der Waals surface area contributed by atoms with E-state index in [0.717, 1.165) is 0 Å². The lowest BCUT2D eigenvalue weighted by molar-refractivity contribution is -0.122.